The van der Waals surface area contributed by atoms with Crippen molar-refractivity contribution in [3.05, 3.63) is 21.3 Å². The fourth-order valence-corrected chi connectivity index (χ4v) is 3.90. The summed E-state index contributed by atoms with van der Waals surface area (Å²) in [6.07, 6.45) is 3.13. The van der Waals surface area contributed by atoms with Gasteiger partial charge in [0.25, 0.3) is 0 Å². The van der Waals surface area contributed by atoms with Crippen LogP contribution in [0.1, 0.15) is 37.2 Å². The van der Waals surface area contributed by atoms with E-state index in [1.165, 1.54) is 43.7 Å². The highest BCUT2D eigenvalue weighted by Crippen LogP contribution is 2.26. The number of hydrogen-bond donors (Lipinski definition) is 3. The van der Waals surface area contributed by atoms with Gasteiger partial charge in [0.15, 0.2) is 5.96 Å². The average molecular weight is 373 g/mol. The molecule has 0 amide bonds. The van der Waals surface area contributed by atoms with Gasteiger partial charge in [0.2, 0.25) is 0 Å². The SMILES string of the molecule is CCNC(=NCC(O)c1ccc(Cl)s1)NCCC1CCN(C)CC1. The predicted molar refractivity (Wildman–Crippen MR) is 103 cm³/mol. The van der Waals surface area contributed by atoms with E-state index in [1.54, 1.807) is 6.07 Å². The first-order valence-electron chi connectivity index (χ1n) is 8.72. The van der Waals surface area contributed by atoms with Crippen molar-refractivity contribution < 1.29 is 5.11 Å². The number of aliphatic imine (C=N–C) groups is 1. The summed E-state index contributed by atoms with van der Waals surface area (Å²) in [7, 11) is 2.19. The maximum Gasteiger partial charge on any atom is 0.191 e. The molecule has 0 aromatic carbocycles. The van der Waals surface area contributed by atoms with Crippen LogP contribution in [0.5, 0.6) is 0 Å². The van der Waals surface area contributed by atoms with Crippen molar-refractivity contribution in [2.45, 2.75) is 32.3 Å². The van der Waals surface area contributed by atoms with E-state index in [0.717, 1.165) is 29.8 Å². The number of nitrogens with one attached hydrogen (secondary N) is 2. The molecule has 1 aromatic heterocycles. The Morgan fingerprint density at radius 1 is 1.42 bits per heavy atom. The summed E-state index contributed by atoms with van der Waals surface area (Å²) in [4.78, 5) is 7.74. The first-order chi connectivity index (χ1) is 11.6. The van der Waals surface area contributed by atoms with Crippen LogP contribution in [-0.4, -0.2) is 55.7 Å². The molecule has 1 unspecified atom stereocenters. The largest absolute Gasteiger partial charge is 0.386 e. The monoisotopic (exact) mass is 372 g/mol. The molecule has 7 heteroatoms. The highest BCUT2D eigenvalue weighted by Gasteiger charge is 2.16. The van der Waals surface area contributed by atoms with Crippen LogP contribution >= 0.6 is 22.9 Å². The Labute approximate surface area is 154 Å². The molecule has 0 bridgehead atoms. The summed E-state index contributed by atoms with van der Waals surface area (Å²) < 4.78 is 0.691. The Kier molecular flexibility index (Phi) is 8.32. The van der Waals surface area contributed by atoms with Gasteiger partial charge in [-0.15, -0.1) is 11.3 Å². The van der Waals surface area contributed by atoms with E-state index in [0.29, 0.717) is 10.9 Å². The topological polar surface area (TPSA) is 59.9 Å². The molecule has 2 heterocycles. The van der Waals surface area contributed by atoms with E-state index in [4.69, 9.17) is 11.6 Å². The summed E-state index contributed by atoms with van der Waals surface area (Å²) in [5, 5.41) is 16.8. The van der Waals surface area contributed by atoms with Crippen molar-refractivity contribution >= 4 is 28.9 Å². The van der Waals surface area contributed by atoms with Crippen LogP contribution in [0.4, 0.5) is 0 Å². The molecule has 24 heavy (non-hydrogen) atoms. The standard InChI is InChI=1S/C17H29ClN4OS/c1-3-19-17(20-9-6-13-7-10-22(2)11-8-13)21-12-14(23)15-4-5-16(18)24-15/h4-5,13-14,23H,3,6-12H2,1-2H3,(H2,19,20,21). The van der Waals surface area contributed by atoms with Crippen molar-refractivity contribution in [2.75, 3.05) is 39.8 Å². The van der Waals surface area contributed by atoms with E-state index in [9.17, 15) is 5.11 Å². The van der Waals surface area contributed by atoms with Crippen molar-refractivity contribution in [2.24, 2.45) is 10.9 Å². The van der Waals surface area contributed by atoms with Crippen LogP contribution in [0.25, 0.3) is 0 Å². The number of likely N-dealkylation sites (tertiary alicyclic amines) is 1. The number of nitrogens with zero attached hydrogens (tertiary/aromatic N) is 2. The number of aliphatic hydroxyl groups is 1. The lowest BCUT2D eigenvalue weighted by molar-refractivity contribution is 0.191. The minimum atomic E-state index is -0.605. The number of guanidine groups is 1. The molecule has 1 aliphatic rings. The zero-order chi connectivity index (χ0) is 17.4. The molecule has 0 spiro atoms. The Bertz CT molecular complexity index is 514. The van der Waals surface area contributed by atoms with Crippen molar-refractivity contribution in [1.29, 1.82) is 0 Å². The van der Waals surface area contributed by atoms with Gasteiger partial charge in [0.05, 0.1) is 10.9 Å². The Hall–Kier alpha value is -0.820. The quantitative estimate of drug-likeness (QED) is 0.508. The van der Waals surface area contributed by atoms with Gasteiger partial charge < -0.3 is 20.6 Å². The van der Waals surface area contributed by atoms with Gasteiger partial charge in [-0.2, -0.15) is 0 Å². The van der Waals surface area contributed by atoms with Crippen molar-refractivity contribution in [3.8, 4) is 0 Å². The van der Waals surface area contributed by atoms with E-state index in [2.05, 4.69) is 27.6 Å². The second kappa shape index (κ2) is 10.2. The predicted octanol–water partition coefficient (Wildman–Crippen LogP) is 2.72. The molecule has 136 valence electrons. The Balaban J connectivity index is 1.75. The maximum absolute atomic E-state index is 10.2. The molecule has 2 rings (SSSR count). The fraction of sp³-hybridized carbons (Fsp3) is 0.706. The number of thiophene rings is 1. The number of piperidine rings is 1. The summed E-state index contributed by atoms with van der Waals surface area (Å²) in [6.45, 7) is 6.51. The van der Waals surface area contributed by atoms with Crippen LogP contribution in [0.2, 0.25) is 4.34 Å². The molecule has 1 saturated heterocycles. The zero-order valence-corrected chi connectivity index (χ0v) is 16.2. The number of aliphatic hydroxyl groups excluding tert-OH is 1. The maximum atomic E-state index is 10.2. The molecule has 3 N–H and O–H groups in total. The van der Waals surface area contributed by atoms with Crippen LogP contribution in [-0.2, 0) is 0 Å². The van der Waals surface area contributed by atoms with E-state index < -0.39 is 6.10 Å². The highest BCUT2D eigenvalue weighted by atomic mass is 35.5. The highest BCUT2D eigenvalue weighted by molar-refractivity contribution is 7.16. The molecular weight excluding hydrogens is 344 g/mol. The third-order valence-electron chi connectivity index (χ3n) is 4.37. The molecule has 5 nitrogen and oxygen atoms in total. The third kappa shape index (κ3) is 6.59. The van der Waals surface area contributed by atoms with Gasteiger partial charge in [0, 0.05) is 18.0 Å². The molecule has 1 aliphatic heterocycles. The first kappa shape index (κ1) is 19.5. The smallest absolute Gasteiger partial charge is 0.191 e. The average Bonchev–Trinajstić information content (AvgIpc) is 3.01. The van der Waals surface area contributed by atoms with Crippen LogP contribution in [0.3, 0.4) is 0 Å². The number of rotatable bonds is 7. The summed E-state index contributed by atoms with van der Waals surface area (Å²) in [6, 6.07) is 3.66. The van der Waals surface area contributed by atoms with E-state index in [-0.39, 0.29) is 0 Å². The summed E-state index contributed by atoms with van der Waals surface area (Å²) in [5.74, 6) is 1.57. The Morgan fingerprint density at radius 3 is 2.79 bits per heavy atom. The molecule has 1 atom stereocenters. The number of hydrogen-bond acceptors (Lipinski definition) is 4. The van der Waals surface area contributed by atoms with Gasteiger partial charge in [-0.1, -0.05) is 11.6 Å². The summed E-state index contributed by atoms with van der Waals surface area (Å²) >= 11 is 7.31. The minimum absolute atomic E-state index is 0.334. The van der Waals surface area contributed by atoms with Crippen LogP contribution < -0.4 is 10.6 Å². The second-order valence-electron chi connectivity index (χ2n) is 6.34. The normalized spacial score (nSPS) is 18.6. The zero-order valence-electron chi connectivity index (χ0n) is 14.6. The lowest BCUT2D eigenvalue weighted by Crippen LogP contribution is -2.39. The lowest BCUT2D eigenvalue weighted by atomic mass is 9.94. The van der Waals surface area contributed by atoms with Crippen LogP contribution in [0, 0.1) is 5.92 Å². The van der Waals surface area contributed by atoms with E-state index >= 15 is 0 Å². The molecule has 1 fully saturated rings. The molecule has 0 radical (unpaired) electrons. The van der Waals surface area contributed by atoms with Gasteiger partial charge >= 0.3 is 0 Å². The fourth-order valence-electron chi connectivity index (χ4n) is 2.86. The van der Waals surface area contributed by atoms with Crippen molar-refractivity contribution in [3.63, 3.8) is 0 Å². The molecule has 0 saturated carbocycles. The van der Waals surface area contributed by atoms with Gasteiger partial charge in [0.1, 0.15) is 6.10 Å². The lowest BCUT2D eigenvalue weighted by Gasteiger charge is -2.29. The molecule has 1 aromatic rings. The summed E-state index contributed by atoms with van der Waals surface area (Å²) in [5.41, 5.74) is 0. The first-order valence-corrected chi connectivity index (χ1v) is 9.92. The number of halogens is 1. The Morgan fingerprint density at radius 2 is 2.17 bits per heavy atom. The molecule has 0 aliphatic carbocycles. The van der Waals surface area contributed by atoms with Crippen molar-refractivity contribution in [1.82, 2.24) is 15.5 Å². The van der Waals surface area contributed by atoms with E-state index in [1.807, 2.05) is 13.0 Å². The van der Waals surface area contributed by atoms with Crippen LogP contribution in [0.15, 0.2) is 17.1 Å². The van der Waals surface area contributed by atoms with Gasteiger partial charge in [-0.25, -0.2) is 0 Å². The van der Waals surface area contributed by atoms with Gasteiger partial charge in [-0.3, -0.25) is 4.99 Å². The minimum Gasteiger partial charge on any atom is -0.386 e. The van der Waals surface area contributed by atoms with Gasteiger partial charge in [-0.05, 0) is 64.4 Å². The third-order valence-corrected chi connectivity index (χ3v) is 5.70. The second-order valence-corrected chi connectivity index (χ2v) is 8.09. The molecular formula is C17H29ClN4OS.